The zero-order valence-corrected chi connectivity index (χ0v) is 18.9. The Morgan fingerprint density at radius 1 is 1.12 bits per heavy atom. The summed E-state index contributed by atoms with van der Waals surface area (Å²) in [6, 6.07) is 9.69. The number of benzene rings is 2. The first-order valence-electron chi connectivity index (χ1n) is 9.12. The Balaban J connectivity index is 1.49. The Hall–Kier alpha value is -3.29. The van der Waals surface area contributed by atoms with E-state index >= 15 is 0 Å². The maximum atomic E-state index is 12.7. The highest BCUT2D eigenvalue weighted by Gasteiger charge is 2.45. The Morgan fingerprint density at radius 3 is 2.44 bits per heavy atom. The summed E-state index contributed by atoms with van der Waals surface area (Å²) >= 11 is 1.13. The van der Waals surface area contributed by atoms with Crippen molar-refractivity contribution in [2.24, 2.45) is 0 Å². The molecule has 3 aromatic rings. The fraction of sp³-hybridized carbons (Fsp3) is 0.105. The number of amides is 2. The van der Waals surface area contributed by atoms with Gasteiger partial charge in [0.1, 0.15) is 10.9 Å². The average molecular weight is 493 g/mol. The third-order valence-electron chi connectivity index (χ3n) is 4.67. The first kappa shape index (κ1) is 21.9. The van der Waals surface area contributed by atoms with Crippen LogP contribution in [0.4, 0.5) is 10.8 Å². The van der Waals surface area contributed by atoms with Gasteiger partial charge in [-0.1, -0.05) is 12.1 Å². The molecule has 2 aromatic carbocycles. The van der Waals surface area contributed by atoms with E-state index in [1.54, 1.807) is 11.4 Å². The second kappa shape index (κ2) is 8.00. The summed E-state index contributed by atoms with van der Waals surface area (Å²) < 4.78 is 53.1. The van der Waals surface area contributed by atoms with Gasteiger partial charge in [0.25, 0.3) is 26.0 Å². The number of carbonyl (C=O) groups is 2. The molecule has 2 N–H and O–H groups in total. The van der Waals surface area contributed by atoms with Crippen molar-refractivity contribution >= 4 is 54.0 Å². The van der Waals surface area contributed by atoms with Gasteiger partial charge in [-0.3, -0.25) is 14.3 Å². The maximum Gasteiger partial charge on any atom is 0.269 e. The summed E-state index contributed by atoms with van der Waals surface area (Å²) in [5.41, 5.74) is 0.242. The lowest BCUT2D eigenvalue weighted by molar-refractivity contribution is -0.118. The second-order valence-electron chi connectivity index (χ2n) is 6.73. The third-order valence-corrected chi connectivity index (χ3v) is 8.76. The molecule has 1 atom stereocenters. The average Bonchev–Trinajstić information content (AvgIpc) is 3.32. The molecule has 13 heteroatoms. The number of aromatic nitrogens is 1. The summed E-state index contributed by atoms with van der Waals surface area (Å²) in [5, 5.41) is 4.35. The van der Waals surface area contributed by atoms with E-state index in [2.05, 4.69) is 15.0 Å². The molecule has 0 aliphatic carbocycles. The van der Waals surface area contributed by atoms with Gasteiger partial charge >= 0.3 is 0 Å². The fourth-order valence-corrected chi connectivity index (χ4v) is 6.62. The van der Waals surface area contributed by atoms with Crippen molar-refractivity contribution in [3.63, 3.8) is 0 Å². The van der Waals surface area contributed by atoms with Gasteiger partial charge in [-0.05, 0) is 43.3 Å². The molecule has 1 aliphatic rings. The molecular formula is C19H16N4O6S3. The predicted octanol–water partition coefficient (Wildman–Crippen LogP) is 2.12. The van der Waals surface area contributed by atoms with Crippen molar-refractivity contribution in [3.05, 3.63) is 65.7 Å². The van der Waals surface area contributed by atoms with Gasteiger partial charge in [-0.15, -0.1) is 11.3 Å². The van der Waals surface area contributed by atoms with Crippen molar-refractivity contribution in [3.8, 4) is 0 Å². The van der Waals surface area contributed by atoms with Crippen LogP contribution >= 0.6 is 11.3 Å². The van der Waals surface area contributed by atoms with Crippen LogP contribution in [0.3, 0.4) is 0 Å². The van der Waals surface area contributed by atoms with Crippen LogP contribution in [0, 0.1) is 0 Å². The van der Waals surface area contributed by atoms with E-state index in [1.807, 2.05) is 0 Å². The molecule has 2 amide bonds. The van der Waals surface area contributed by atoms with Crippen molar-refractivity contribution < 1.29 is 26.4 Å². The summed E-state index contributed by atoms with van der Waals surface area (Å²) in [6.45, 7) is 1.30. The topological polar surface area (TPSA) is 143 Å². The number of hydrogen-bond acceptors (Lipinski definition) is 8. The Kier molecular flexibility index (Phi) is 5.48. The monoisotopic (exact) mass is 492 g/mol. The number of nitrogens with zero attached hydrogens (tertiary/aromatic N) is 2. The number of thiazole rings is 1. The second-order valence-corrected chi connectivity index (χ2v) is 11.1. The summed E-state index contributed by atoms with van der Waals surface area (Å²) in [5.74, 6) is -1.52. The number of sulfonamides is 2. The van der Waals surface area contributed by atoms with Crippen LogP contribution in [-0.4, -0.2) is 44.0 Å². The van der Waals surface area contributed by atoms with Gasteiger partial charge in [0.05, 0.1) is 10.5 Å². The lowest BCUT2D eigenvalue weighted by atomic mass is 10.2. The first-order chi connectivity index (χ1) is 15.1. The molecule has 0 bridgehead atoms. The lowest BCUT2D eigenvalue weighted by Crippen LogP contribution is -2.45. The zero-order chi connectivity index (χ0) is 23.1. The molecule has 32 heavy (non-hydrogen) atoms. The minimum atomic E-state index is -4.15. The van der Waals surface area contributed by atoms with Crippen LogP contribution in [0.2, 0.25) is 0 Å². The normalized spacial score (nSPS) is 15.8. The van der Waals surface area contributed by atoms with E-state index in [9.17, 15) is 26.4 Å². The first-order valence-corrected chi connectivity index (χ1v) is 12.9. The molecule has 166 valence electrons. The molecule has 0 spiro atoms. The molecule has 2 heterocycles. The molecule has 1 aromatic heterocycles. The molecular weight excluding hydrogens is 476 g/mol. The highest BCUT2D eigenvalue weighted by Crippen LogP contribution is 2.32. The molecule has 10 nitrogen and oxygen atoms in total. The summed E-state index contributed by atoms with van der Waals surface area (Å²) in [6.07, 6.45) is 1.46. The van der Waals surface area contributed by atoms with Crippen molar-refractivity contribution in [2.75, 3.05) is 10.0 Å². The largest absolute Gasteiger partial charge is 0.324 e. The maximum absolute atomic E-state index is 12.7. The van der Waals surface area contributed by atoms with Crippen molar-refractivity contribution in [2.45, 2.75) is 22.8 Å². The number of anilines is 2. The van der Waals surface area contributed by atoms with Crippen LogP contribution in [0.1, 0.15) is 17.3 Å². The van der Waals surface area contributed by atoms with Crippen molar-refractivity contribution in [1.29, 1.82) is 0 Å². The van der Waals surface area contributed by atoms with Gasteiger partial charge in [0.2, 0.25) is 5.91 Å². The van der Waals surface area contributed by atoms with Crippen LogP contribution in [0.25, 0.3) is 0 Å². The quantitative estimate of drug-likeness (QED) is 0.536. The summed E-state index contributed by atoms with van der Waals surface area (Å²) in [7, 11) is -8.01. The SMILES string of the molecule is CC(C(=O)Nc1ccc(S(=O)(=O)Nc2nccs2)cc1)N1C(=O)c2ccccc2S1(=O)=O. The predicted molar refractivity (Wildman–Crippen MR) is 117 cm³/mol. The van der Waals surface area contributed by atoms with Crippen LogP contribution in [-0.2, 0) is 24.8 Å². The number of fused-ring (bicyclic) bond motifs is 1. The molecule has 0 saturated carbocycles. The highest BCUT2D eigenvalue weighted by atomic mass is 32.2. The van der Waals surface area contributed by atoms with Gasteiger partial charge < -0.3 is 5.32 Å². The van der Waals surface area contributed by atoms with E-state index in [1.165, 1.54) is 55.6 Å². The number of carbonyl (C=O) groups excluding carboxylic acids is 2. The standard InChI is InChI=1S/C19H16N4O6S3/c1-12(23-18(25)15-4-2-3-5-16(15)32(23,28)29)17(24)21-13-6-8-14(9-7-13)31(26,27)22-19-20-10-11-30-19/h2-12H,1H3,(H,20,22)(H,21,24). The molecule has 0 fully saturated rings. The van der Waals surface area contributed by atoms with Crippen LogP contribution < -0.4 is 10.0 Å². The zero-order valence-electron chi connectivity index (χ0n) is 16.4. The number of nitrogens with one attached hydrogen (secondary N) is 2. The third kappa shape index (κ3) is 3.85. The minimum Gasteiger partial charge on any atom is -0.324 e. The van der Waals surface area contributed by atoms with E-state index in [4.69, 9.17) is 0 Å². The van der Waals surface area contributed by atoms with Crippen LogP contribution in [0.15, 0.2) is 69.9 Å². The number of rotatable bonds is 6. The highest BCUT2D eigenvalue weighted by molar-refractivity contribution is 7.93. The summed E-state index contributed by atoms with van der Waals surface area (Å²) in [4.78, 5) is 28.9. The van der Waals surface area contributed by atoms with E-state index in [0.29, 0.717) is 4.31 Å². The van der Waals surface area contributed by atoms with Gasteiger partial charge in [0.15, 0.2) is 5.13 Å². The van der Waals surface area contributed by atoms with Gasteiger partial charge in [0, 0.05) is 17.3 Å². The molecule has 1 aliphatic heterocycles. The Labute approximate surface area is 188 Å². The lowest BCUT2D eigenvalue weighted by Gasteiger charge is -2.22. The minimum absolute atomic E-state index is 0.00874. The fourth-order valence-electron chi connectivity index (χ4n) is 3.10. The van der Waals surface area contributed by atoms with E-state index in [0.717, 1.165) is 11.3 Å². The number of hydrogen-bond donors (Lipinski definition) is 2. The molecule has 1 unspecified atom stereocenters. The van der Waals surface area contributed by atoms with Crippen LogP contribution in [0.5, 0.6) is 0 Å². The van der Waals surface area contributed by atoms with Crippen molar-refractivity contribution in [1.82, 2.24) is 9.29 Å². The van der Waals surface area contributed by atoms with Gasteiger partial charge in [-0.2, -0.15) is 0 Å². The Morgan fingerprint density at radius 2 is 1.81 bits per heavy atom. The van der Waals surface area contributed by atoms with E-state index < -0.39 is 37.9 Å². The van der Waals surface area contributed by atoms with E-state index in [-0.39, 0.29) is 26.2 Å². The Bertz CT molecular complexity index is 1400. The molecule has 0 saturated heterocycles. The molecule has 4 rings (SSSR count). The smallest absolute Gasteiger partial charge is 0.269 e. The van der Waals surface area contributed by atoms with Gasteiger partial charge in [-0.25, -0.2) is 26.1 Å². The molecule has 0 radical (unpaired) electrons.